The van der Waals surface area contributed by atoms with Gasteiger partial charge in [-0.05, 0) is 12.3 Å². The molecule has 0 aromatic carbocycles. The van der Waals surface area contributed by atoms with Crippen LogP contribution in [0.1, 0.15) is 40.0 Å². The van der Waals surface area contributed by atoms with Gasteiger partial charge >= 0.3 is 0 Å². The molecule has 0 amide bonds. The van der Waals surface area contributed by atoms with Crippen LogP contribution < -0.4 is 0 Å². The van der Waals surface area contributed by atoms with E-state index in [1.807, 2.05) is 13.8 Å². The van der Waals surface area contributed by atoms with Gasteiger partial charge < -0.3 is 9.47 Å². The monoisotopic (exact) mass is 216 g/mol. The topological polar surface area (TPSA) is 35.5 Å². The number of rotatable bonds is 8. The molecule has 0 radical (unpaired) electrons. The summed E-state index contributed by atoms with van der Waals surface area (Å²) in [4.78, 5) is 11.4. The van der Waals surface area contributed by atoms with Crippen LogP contribution in [0.3, 0.4) is 0 Å². The van der Waals surface area contributed by atoms with E-state index in [1.165, 1.54) is 0 Å². The molecule has 0 aliphatic carbocycles. The number of ether oxygens (including phenoxy) is 2. The molecule has 3 heteroatoms. The second kappa shape index (κ2) is 7.83. The zero-order valence-corrected chi connectivity index (χ0v) is 10.6. The molecule has 0 N–H and O–H groups in total. The summed E-state index contributed by atoms with van der Waals surface area (Å²) in [6.45, 7) is 6.01. The molecule has 0 heterocycles. The Morgan fingerprint density at radius 2 is 1.67 bits per heavy atom. The van der Waals surface area contributed by atoms with Crippen molar-refractivity contribution in [2.24, 2.45) is 11.8 Å². The van der Waals surface area contributed by atoms with Gasteiger partial charge in [-0.3, -0.25) is 4.79 Å². The molecule has 1 atom stereocenters. The van der Waals surface area contributed by atoms with E-state index < -0.39 is 0 Å². The van der Waals surface area contributed by atoms with E-state index in [2.05, 4.69) is 6.92 Å². The molecule has 90 valence electrons. The smallest absolute Gasteiger partial charge is 0.157 e. The molecule has 0 saturated carbocycles. The minimum absolute atomic E-state index is 0.144. The average molecular weight is 216 g/mol. The van der Waals surface area contributed by atoms with Gasteiger partial charge in [-0.25, -0.2) is 0 Å². The summed E-state index contributed by atoms with van der Waals surface area (Å²) in [6.07, 6.45) is 2.28. The van der Waals surface area contributed by atoms with Gasteiger partial charge in [0, 0.05) is 33.0 Å². The van der Waals surface area contributed by atoms with Crippen LogP contribution >= 0.6 is 0 Å². The Bertz CT molecular complexity index is 174. The van der Waals surface area contributed by atoms with E-state index in [9.17, 15) is 4.79 Å². The molecule has 0 aliphatic heterocycles. The summed E-state index contributed by atoms with van der Waals surface area (Å²) in [5, 5.41) is 0. The molecule has 0 spiro atoms. The van der Waals surface area contributed by atoms with E-state index in [0.717, 1.165) is 12.8 Å². The van der Waals surface area contributed by atoms with Crippen molar-refractivity contribution in [2.75, 3.05) is 14.2 Å². The standard InChI is InChI=1S/C12H24O3/c1-9(2)11(13)7-6-10(3)8-12(14-4)15-5/h9-10,12H,6-8H2,1-5H3. The van der Waals surface area contributed by atoms with Crippen LogP contribution in [0.4, 0.5) is 0 Å². The Morgan fingerprint density at radius 1 is 1.13 bits per heavy atom. The van der Waals surface area contributed by atoms with Gasteiger partial charge in [0.15, 0.2) is 6.29 Å². The normalized spacial score (nSPS) is 13.5. The number of hydrogen-bond donors (Lipinski definition) is 0. The SMILES string of the molecule is COC(CC(C)CCC(=O)C(C)C)OC. The van der Waals surface area contributed by atoms with Crippen LogP contribution in [0.2, 0.25) is 0 Å². The maximum absolute atomic E-state index is 11.4. The summed E-state index contributed by atoms with van der Waals surface area (Å²) in [6, 6.07) is 0. The Labute approximate surface area is 93.1 Å². The van der Waals surface area contributed by atoms with Gasteiger partial charge in [0.2, 0.25) is 0 Å². The number of methoxy groups -OCH3 is 2. The fraction of sp³-hybridized carbons (Fsp3) is 0.917. The van der Waals surface area contributed by atoms with Gasteiger partial charge in [-0.2, -0.15) is 0 Å². The van der Waals surface area contributed by atoms with Crippen LogP contribution in [0.5, 0.6) is 0 Å². The molecule has 0 rings (SSSR count). The van der Waals surface area contributed by atoms with Gasteiger partial charge in [0.1, 0.15) is 5.78 Å². The third-order valence-electron chi connectivity index (χ3n) is 2.65. The molecule has 0 aliphatic rings. The number of ketones is 1. The molecule has 0 aromatic rings. The first-order chi connectivity index (χ1) is 7.01. The number of Topliss-reactive ketones (excluding diaryl/α,β-unsaturated/α-hetero) is 1. The summed E-state index contributed by atoms with van der Waals surface area (Å²) >= 11 is 0. The zero-order valence-electron chi connectivity index (χ0n) is 10.6. The van der Waals surface area contributed by atoms with E-state index in [-0.39, 0.29) is 12.2 Å². The fourth-order valence-electron chi connectivity index (χ4n) is 1.41. The van der Waals surface area contributed by atoms with Gasteiger partial charge in [0.05, 0.1) is 0 Å². The zero-order chi connectivity index (χ0) is 11.8. The van der Waals surface area contributed by atoms with Crippen LogP contribution in [0.25, 0.3) is 0 Å². The molecule has 0 aromatic heterocycles. The van der Waals surface area contributed by atoms with Gasteiger partial charge in [-0.1, -0.05) is 20.8 Å². The van der Waals surface area contributed by atoms with E-state index >= 15 is 0 Å². The Hall–Kier alpha value is -0.410. The van der Waals surface area contributed by atoms with E-state index in [1.54, 1.807) is 14.2 Å². The van der Waals surface area contributed by atoms with Crippen molar-refractivity contribution in [1.82, 2.24) is 0 Å². The second-order valence-corrected chi connectivity index (χ2v) is 4.40. The third kappa shape index (κ3) is 6.63. The predicted molar refractivity (Wildman–Crippen MR) is 60.7 cm³/mol. The lowest BCUT2D eigenvalue weighted by Crippen LogP contribution is -2.17. The lowest BCUT2D eigenvalue weighted by atomic mass is 9.96. The molecule has 1 unspecified atom stereocenters. The first-order valence-corrected chi connectivity index (χ1v) is 5.59. The first-order valence-electron chi connectivity index (χ1n) is 5.59. The van der Waals surface area contributed by atoms with Crippen molar-refractivity contribution in [2.45, 2.75) is 46.3 Å². The Morgan fingerprint density at radius 3 is 2.07 bits per heavy atom. The summed E-state index contributed by atoms with van der Waals surface area (Å²) in [5.41, 5.74) is 0. The lowest BCUT2D eigenvalue weighted by molar-refractivity contribution is -0.123. The van der Waals surface area contributed by atoms with Gasteiger partial charge in [-0.15, -0.1) is 0 Å². The highest BCUT2D eigenvalue weighted by molar-refractivity contribution is 5.80. The summed E-state index contributed by atoms with van der Waals surface area (Å²) < 4.78 is 10.2. The lowest BCUT2D eigenvalue weighted by Gasteiger charge is -2.18. The Kier molecular flexibility index (Phi) is 7.61. The first kappa shape index (κ1) is 14.6. The molecular formula is C12H24O3. The number of carbonyl (C=O) groups is 1. The van der Waals surface area contributed by atoms with E-state index in [0.29, 0.717) is 18.1 Å². The highest BCUT2D eigenvalue weighted by Crippen LogP contribution is 2.16. The van der Waals surface area contributed by atoms with Crippen LogP contribution in [0, 0.1) is 11.8 Å². The van der Waals surface area contributed by atoms with Gasteiger partial charge in [0.25, 0.3) is 0 Å². The molecule has 0 fully saturated rings. The highest BCUT2D eigenvalue weighted by Gasteiger charge is 2.14. The molecule has 0 saturated heterocycles. The van der Waals surface area contributed by atoms with Crippen molar-refractivity contribution < 1.29 is 14.3 Å². The highest BCUT2D eigenvalue weighted by atomic mass is 16.7. The second-order valence-electron chi connectivity index (χ2n) is 4.40. The van der Waals surface area contributed by atoms with Crippen molar-refractivity contribution >= 4 is 5.78 Å². The average Bonchev–Trinajstić information content (AvgIpc) is 2.22. The Balaban J connectivity index is 3.74. The third-order valence-corrected chi connectivity index (χ3v) is 2.65. The van der Waals surface area contributed by atoms with Crippen molar-refractivity contribution in [3.63, 3.8) is 0 Å². The molecular weight excluding hydrogens is 192 g/mol. The largest absolute Gasteiger partial charge is 0.356 e. The van der Waals surface area contributed by atoms with Crippen LogP contribution in [0.15, 0.2) is 0 Å². The number of hydrogen-bond acceptors (Lipinski definition) is 3. The van der Waals surface area contributed by atoms with Crippen LogP contribution in [-0.4, -0.2) is 26.3 Å². The van der Waals surface area contributed by atoms with Crippen molar-refractivity contribution in [3.8, 4) is 0 Å². The van der Waals surface area contributed by atoms with Crippen molar-refractivity contribution in [3.05, 3.63) is 0 Å². The maximum atomic E-state index is 11.4. The number of carbonyl (C=O) groups excluding carboxylic acids is 1. The summed E-state index contributed by atoms with van der Waals surface area (Å²) in [5.74, 6) is 0.948. The summed E-state index contributed by atoms with van der Waals surface area (Å²) in [7, 11) is 3.28. The van der Waals surface area contributed by atoms with Crippen LogP contribution in [-0.2, 0) is 14.3 Å². The van der Waals surface area contributed by atoms with Crippen molar-refractivity contribution in [1.29, 1.82) is 0 Å². The maximum Gasteiger partial charge on any atom is 0.157 e. The van der Waals surface area contributed by atoms with E-state index in [4.69, 9.17) is 9.47 Å². The molecule has 15 heavy (non-hydrogen) atoms. The predicted octanol–water partition coefficient (Wildman–Crippen LogP) is 2.64. The quantitative estimate of drug-likeness (QED) is 0.585. The molecule has 3 nitrogen and oxygen atoms in total. The molecule has 0 bridgehead atoms. The minimum atomic E-state index is -0.144. The fourth-order valence-corrected chi connectivity index (χ4v) is 1.41. The minimum Gasteiger partial charge on any atom is -0.356 e.